The molecule has 100 valence electrons. The highest BCUT2D eigenvalue weighted by atomic mass is 16.5. The molecular formula is C16H14N2O2. The maximum atomic E-state index is 9.34. The van der Waals surface area contributed by atoms with Gasteiger partial charge in [0.15, 0.2) is 0 Å². The van der Waals surface area contributed by atoms with E-state index < -0.39 is 0 Å². The highest BCUT2D eigenvalue weighted by molar-refractivity contribution is 5.96. The van der Waals surface area contributed by atoms with Crippen molar-refractivity contribution in [3.63, 3.8) is 0 Å². The van der Waals surface area contributed by atoms with Gasteiger partial charge in [-0.15, -0.1) is 0 Å². The molecule has 0 spiro atoms. The van der Waals surface area contributed by atoms with Crippen molar-refractivity contribution in [2.45, 2.75) is 6.61 Å². The van der Waals surface area contributed by atoms with Gasteiger partial charge in [0, 0.05) is 34.4 Å². The maximum Gasteiger partial charge on any atom is 0.135 e. The number of ether oxygens (including phenoxy) is 1. The van der Waals surface area contributed by atoms with Crippen LogP contribution >= 0.6 is 0 Å². The SMILES string of the molecule is Nc1ccc(Oc2ccccc2CO)c2ccncc12. The van der Waals surface area contributed by atoms with Gasteiger partial charge in [0.2, 0.25) is 0 Å². The second kappa shape index (κ2) is 5.19. The number of nitrogens with zero attached hydrogens (tertiary/aromatic N) is 1. The van der Waals surface area contributed by atoms with Crippen LogP contribution in [0.5, 0.6) is 11.5 Å². The van der Waals surface area contributed by atoms with E-state index in [2.05, 4.69) is 4.98 Å². The summed E-state index contributed by atoms with van der Waals surface area (Å²) in [6.45, 7) is -0.0648. The Kier molecular flexibility index (Phi) is 3.23. The number of nitrogen functional groups attached to an aromatic ring is 1. The number of aliphatic hydroxyl groups is 1. The van der Waals surface area contributed by atoms with E-state index >= 15 is 0 Å². The first-order valence-corrected chi connectivity index (χ1v) is 6.28. The van der Waals surface area contributed by atoms with Crippen LogP contribution in [0.2, 0.25) is 0 Å². The maximum absolute atomic E-state index is 9.34. The molecule has 0 atom stereocenters. The lowest BCUT2D eigenvalue weighted by Gasteiger charge is -2.12. The second-order valence-corrected chi connectivity index (χ2v) is 4.44. The highest BCUT2D eigenvalue weighted by Gasteiger charge is 2.08. The first-order valence-electron chi connectivity index (χ1n) is 6.28. The van der Waals surface area contributed by atoms with E-state index in [9.17, 15) is 5.11 Å². The number of hydrogen-bond donors (Lipinski definition) is 2. The molecule has 0 saturated carbocycles. The van der Waals surface area contributed by atoms with E-state index in [1.165, 1.54) is 0 Å². The molecule has 3 N–H and O–H groups in total. The monoisotopic (exact) mass is 266 g/mol. The minimum absolute atomic E-state index is 0.0648. The van der Waals surface area contributed by atoms with E-state index in [0.29, 0.717) is 17.2 Å². The largest absolute Gasteiger partial charge is 0.456 e. The van der Waals surface area contributed by atoms with Crippen LogP contribution < -0.4 is 10.5 Å². The van der Waals surface area contributed by atoms with E-state index in [0.717, 1.165) is 16.3 Å². The molecule has 20 heavy (non-hydrogen) atoms. The van der Waals surface area contributed by atoms with Crippen molar-refractivity contribution >= 4 is 16.5 Å². The first kappa shape index (κ1) is 12.4. The number of hydrogen-bond acceptors (Lipinski definition) is 4. The summed E-state index contributed by atoms with van der Waals surface area (Å²) in [5, 5.41) is 11.1. The van der Waals surface area contributed by atoms with Gasteiger partial charge in [-0.05, 0) is 24.3 Å². The van der Waals surface area contributed by atoms with Crippen LogP contribution in [-0.2, 0) is 6.61 Å². The van der Waals surface area contributed by atoms with Crippen molar-refractivity contribution in [3.8, 4) is 11.5 Å². The van der Waals surface area contributed by atoms with Gasteiger partial charge in [0.25, 0.3) is 0 Å². The van der Waals surface area contributed by atoms with Gasteiger partial charge >= 0.3 is 0 Å². The molecule has 0 aliphatic rings. The number of rotatable bonds is 3. The molecule has 4 heteroatoms. The van der Waals surface area contributed by atoms with Crippen LogP contribution in [-0.4, -0.2) is 10.1 Å². The molecule has 0 amide bonds. The number of aromatic nitrogens is 1. The van der Waals surface area contributed by atoms with E-state index in [-0.39, 0.29) is 6.61 Å². The minimum atomic E-state index is -0.0648. The Balaban J connectivity index is 2.09. The Labute approximate surface area is 116 Å². The Morgan fingerprint density at radius 2 is 1.85 bits per heavy atom. The van der Waals surface area contributed by atoms with Crippen molar-refractivity contribution in [1.29, 1.82) is 0 Å². The third-order valence-electron chi connectivity index (χ3n) is 3.17. The summed E-state index contributed by atoms with van der Waals surface area (Å²) < 4.78 is 5.93. The fraction of sp³-hybridized carbons (Fsp3) is 0.0625. The fourth-order valence-corrected chi connectivity index (χ4v) is 2.13. The quantitative estimate of drug-likeness (QED) is 0.715. The summed E-state index contributed by atoms with van der Waals surface area (Å²) in [6, 6.07) is 12.9. The summed E-state index contributed by atoms with van der Waals surface area (Å²) in [5.41, 5.74) is 7.34. The molecule has 0 aliphatic carbocycles. The average Bonchev–Trinajstić information content (AvgIpc) is 2.51. The zero-order valence-corrected chi connectivity index (χ0v) is 10.8. The number of anilines is 1. The molecule has 3 aromatic rings. The van der Waals surface area contributed by atoms with E-state index in [1.54, 1.807) is 18.5 Å². The number of para-hydroxylation sites is 1. The summed E-state index contributed by atoms with van der Waals surface area (Å²) >= 11 is 0. The molecule has 0 fully saturated rings. The van der Waals surface area contributed by atoms with Gasteiger partial charge in [-0.3, -0.25) is 4.98 Å². The molecular weight excluding hydrogens is 252 g/mol. The molecule has 0 bridgehead atoms. The standard InChI is InChI=1S/C16H14N2O2/c17-14-5-6-16(12-7-8-18-9-13(12)14)20-15-4-2-1-3-11(15)10-19/h1-9,19H,10,17H2. The van der Waals surface area contributed by atoms with Gasteiger partial charge in [-0.25, -0.2) is 0 Å². The van der Waals surface area contributed by atoms with Gasteiger partial charge in [-0.2, -0.15) is 0 Å². The molecule has 1 heterocycles. The van der Waals surface area contributed by atoms with Crippen molar-refractivity contribution in [2.24, 2.45) is 0 Å². The van der Waals surface area contributed by atoms with Crippen LogP contribution in [0.15, 0.2) is 54.9 Å². The molecule has 0 saturated heterocycles. The number of fused-ring (bicyclic) bond motifs is 1. The zero-order valence-electron chi connectivity index (χ0n) is 10.8. The third-order valence-corrected chi connectivity index (χ3v) is 3.17. The summed E-state index contributed by atoms with van der Waals surface area (Å²) in [4.78, 5) is 4.08. The van der Waals surface area contributed by atoms with E-state index in [1.807, 2.05) is 36.4 Å². The molecule has 1 aromatic heterocycles. The van der Waals surface area contributed by atoms with Crippen molar-refractivity contribution in [3.05, 3.63) is 60.4 Å². The predicted molar refractivity (Wildman–Crippen MR) is 78.6 cm³/mol. The predicted octanol–water partition coefficient (Wildman–Crippen LogP) is 3.10. The lowest BCUT2D eigenvalue weighted by atomic mass is 10.1. The average molecular weight is 266 g/mol. The summed E-state index contributed by atoms with van der Waals surface area (Å²) in [6.07, 6.45) is 3.42. The smallest absolute Gasteiger partial charge is 0.135 e. The molecule has 2 aromatic carbocycles. The summed E-state index contributed by atoms with van der Waals surface area (Å²) in [7, 11) is 0. The van der Waals surface area contributed by atoms with Crippen LogP contribution in [0, 0.1) is 0 Å². The summed E-state index contributed by atoms with van der Waals surface area (Å²) in [5.74, 6) is 1.33. The number of aliphatic hydroxyl groups excluding tert-OH is 1. The van der Waals surface area contributed by atoms with Crippen LogP contribution in [0.3, 0.4) is 0 Å². The Hall–Kier alpha value is -2.59. The third kappa shape index (κ3) is 2.17. The minimum Gasteiger partial charge on any atom is -0.456 e. The Bertz CT molecular complexity index is 756. The van der Waals surface area contributed by atoms with E-state index in [4.69, 9.17) is 10.5 Å². The molecule has 0 unspecified atom stereocenters. The van der Waals surface area contributed by atoms with Crippen molar-refractivity contribution in [2.75, 3.05) is 5.73 Å². The molecule has 0 radical (unpaired) electrons. The van der Waals surface area contributed by atoms with Crippen LogP contribution in [0.4, 0.5) is 5.69 Å². The van der Waals surface area contributed by atoms with Crippen LogP contribution in [0.1, 0.15) is 5.56 Å². The molecule has 3 rings (SSSR count). The zero-order chi connectivity index (χ0) is 13.9. The normalized spacial score (nSPS) is 10.7. The molecule has 4 nitrogen and oxygen atoms in total. The Morgan fingerprint density at radius 3 is 2.70 bits per heavy atom. The Morgan fingerprint density at radius 1 is 1.00 bits per heavy atom. The van der Waals surface area contributed by atoms with Crippen LogP contribution in [0.25, 0.3) is 10.8 Å². The van der Waals surface area contributed by atoms with Crippen molar-refractivity contribution < 1.29 is 9.84 Å². The number of nitrogens with two attached hydrogens (primary N) is 1. The fourth-order valence-electron chi connectivity index (χ4n) is 2.13. The lowest BCUT2D eigenvalue weighted by Crippen LogP contribution is -1.94. The molecule has 0 aliphatic heterocycles. The van der Waals surface area contributed by atoms with Gasteiger partial charge in [-0.1, -0.05) is 18.2 Å². The number of benzene rings is 2. The number of pyridine rings is 1. The van der Waals surface area contributed by atoms with Gasteiger partial charge < -0.3 is 15.6 Å². The van der Waals surface area contributed by atoms with Gasteiger partial charge in [0.1, 0.15) is 11.5 Å². The van der Waals surface area contributed by atoms with Crippen molar-refractivity contribution in [1.82, 2.24) is 4.98 Å². The second-order valence-electron chi connectivity index (χ2n) is 4.44. The lowest BCUT2D eigenvalue weighted by molar-refractivity contribution is 0.276. The van der Waals surface area contributed by atoms with Gasteiger partial charge in [0.05, 0.1) is 6.61 Å². The highest BCUT2D eigenvalue weighted by Crippen LogP contribution is 2.33. The first-order chi connectivity index (χ1) is 9.79. The topological polar surface area (TPSA) is 68.4 Å².